The molecule has 0 atom stereocenters. The van der Waals surface area contributed by atoms with Gasteiger partial charge in [0.25, 0.3) is 5.91 Å². The van der Waals surface area contributed by atoms with Crippen molar-refractivity contribution in [1.82, 2.24) is 0 Å². The molecule has 5 nitrogen and oxygen atoms in total. The number of thiophene rings is 1. The fourth-order valence-electron chi connectivity index (χ4n) is 2.62. The molecule has 0 fully saturated rings. The highest BCUT2D eigenvalue weighted by molar-refractivity contribution is 7.14. The first-order valence-corrected chi connectivity index (χ1v) is 8.76. The van der Waals surface area contributed by atoms with Gasteiger partial charge in [0.15, 0.2) is 11.6 Å². The summed E-state index contributed by atoms with van der Waals surface area (Å²) in [6.45, 7) is 0. The zero-order valence-electron chi connectivity index (χ0n) is 14.6. The Labute approximate surface area is 165 Å². The largest absolute Gasteiger partial charge is 0.493 e. The Morgan fingerprint density at radius 3 is 2.41 bits per heavy atom. The lowest BCUT2D eigenvalue weighted by atomic mass is 10.1. The van der Waals surface area contributed by atoms with Gasteiger partial charge >= 0.3 is 5.97 Å². The molecule has 0 saturated heterocycles. The molecule has 3 aromatic rings. The zero-order chi connectivity index (χ0) is 21.3. The molecule has 0 saturated carbocycles. The first-order chi connectivity index (χ1) is 13.7. The normalized spacial score (nSPS) is 10.7. The van der Waals surface area contributed by atoms with E-state index < -0.39 is 52.0 Å². The molecule has 0 aliphatic heterocycles. The topological polar surface area (TPSA) is 75.6 Å². The average Bonchev–Trinajstić information content (AvgIpc) is 3.08. The predicted molar refractivity (Wildman–Crippen MR) is 97.5 cm³/mol. The van der Waals surface area contributed by atoms with E-state index in [2.05, 4.69) is 10.1 Å². The zero-order valence-corrected chi connectivity index (χ0v) is 15.4. The van der Waals surface area contributed by atoms with Crippen molar-refractivity contribution in [2.75, 3.05) is 12.4 Å². The number of hydrogen-bond acceptors (Lipinski definition) is 4. The molecule has 29 heavy (non-hydrogen) atoms. The van der Waals surface area contributed by atoms with Gasteiger partial charge in [-0.3, -0.25) is 4.79 Å². The van der Waals surface area contributed by atoms with E-state index in [4.69, 9.17) is 0 Å². The van der Waals surface area contributed by atoms with E-state index in [1.54, 1.807) is 0 Å². The number of carbonyl (C=O) groups excluding carboxylic acids is 1. The van der Waals surface area contributed by atoms with Crippen molar-refractivity contribution in [3.8, 4) is 16.2 Å². The maximum absolute atomic E-state index is 14.1. The molecule has 2 aromatic carbocycles. The fraction of sp³-hybridized carbons (Fsp3) is 0.0526. The van der Waals surface area contributed by atoms with Crippen LogP contribution in [-0.2, 0) is 0 Å². The van der Waals surface area contributed by atoms with Gasteiger partial charge in [0.05, 0.1) is 17.7 Å². The molecule has 0 radical (unpaired) electrons. The maximum atomic E-state index is 14.1. The van der Waals surface area contributed by atoms with Gasteiger partial charge in [-0.1, -0.05) is 12.1 Å². The van der Waals surface area contributed by atoms with Crippen molar-refractivity contribution in [3.05, 3.63) is 70.1 Å². The molecule has 1 heterocycles. The molecule has 0 unspecified atom stereocenters. The molecular weight excluding hydrogens is 414 g/mol. The van der Waals surface area contributed by atoms with Gasteiger partial charge in [-0.15, -0.1) is 11.3 Å². The van der Waals surface area contributed by atoms with Gasteiger partial charge in [-0.05, 0) is 17.7 Å². The Kier molecular flexibility index (Phi) is 5.55. The lowest BCUT2D eigenvalue weighted by Crippen LogP contribution is -2.18. The standard InChI is InChI=1S/C19H11F4NO4S/c1-28-12-6-10(21)13(16(23)15(12)22)18(25)24-11-7-29-17(14(11)19(26)27)8-3-2-4-9(20)5-8/h2-7H,1H3,(H,24,25)(H,26,27). The average molecular weight is 425 g/mol. The van der Waals surface area contributed by atoms with E-state index in [9.17, 15) is 32.3 Å². The van der Waals surface area contributed by atoms with E-state index in [-0.39, 0.29) is 16.1 Å². The molecule has 3 rings (SSSR count). The number of carboxylic acids is 1. The minimum absolute atomic E-state index is 0.120. The van der Waals surface area contributed by atoms with Gasteiger partial charge < -0.3 is 15.2 Å². The number of hydrogen-bond donors (Lipinski definition) is 2. The molecular formula is C19H11F4NO4S. The Bertz CT molecular complexity index is 1130. The molecule has 0 aliphatic carbocycles. The second-order valence-electron chi connectivity index (χ2n) is 5.69. The SMILES string of the molecule is COc1cc(F)c(C(=O)Nc2csc(-c3cccc(F)c3)c2C(=O)O)c(F)c1F. The first kappa shape index (κ1) is 20.3. The second-order valence-corrected chi connectivity index (χ2v) is 6.57. The number of ether oxygens (including phenoxy) is 1. The number of carbonyl (C=O) groups is 2. The lowest BCUT2D eigenvalue weighted by Gasteiger charge is -2.10. The van der Waals surface area contributed by atoms with E-state index >= 15 is 0 Å². The van der Waals surface area contributed by atoms with Crippen molar-refractivity contribution in [2.24, 2.45) is 0 Å². The third-order valence-electron chi connectivity index (χ3n) is 3.91. The summed E-state index contributed by atoms with van der Waals surface area (Å²) in [4.78, 5) is 24.1. The summed E-state index contributed by atoms with van der Waals surface area (Å²) in [5.41, 5.74) is -1.68. The summed E-state index contributed by atoms with van der Waals surface area (Å²) in [5.74, 6) is -8.92. The lowest BCUT2D eigenvalue weighted by molar-refractivity contribution is 0.0699. The van der Waals surface area contributed by atoms with E-state index in [1.807, 2.05) is 0 Å². The number of amides is 1. The van der Waals surface area contributed by atoms with Gasteiger partial charge in [0.1, 0.15) is 22.8 Å². The minimum atomic E-state index is -1.78. The fourth-order valence-corrected chi connectivity index (χ4v) is 3.61. The number of aromatic carboxylic acids is 1. The van der Waals surface area contributed by atoms with Crippen LogP contribution in [0.1, 0.15) is 20.7 Å². The van der Waals surface area contributed by atoms with Crippen LogP contribution in [0.25, 0.3) is 10.4 Å². The summed E-state index contributed by atoms with van der Waals surface area (Å²) in [7, 11) is 0.996. The predicted octanol–water partition coefficient (Wildman–Crippen LogP) is 4.93. The number of anilines is 1. The summed E-state index contributed by atoms with van der Waals surface area (Å²) in [5, 5.41) is 12.8. The molecule has 10 heteroatoms. The molecule has 0 spiro atoms. The van der Waals surface area contributed by atoms with Crippen LogP contribution < -0.4 is 10.1 Å². The van der Waals surface area contributed by atoms with Crippen LogP contribution in [0.5, 0.6) is 5.75 Å². The Morgan fingerprint density at radius 2 is 1.79 bits per heavy atom. The van der Waals surface area contributed by atoms with Gasteiger partial charge in [-0.25, -0.2) is 18.0 Å². The highest BCUT2D eigenvalue weighted by Gasteiger charge is 2.27. The highest BCUT2D eigenvalue weighted by atomic mass is 32.1. The second kappa shape index (κ2) is 7.92. The minimum Gasteiger partial charge on any atom is -0.493 e. The van der Waals surface area contributed by atoms with Gasteiger partial charge in [0.2, 0.25) is 5.82 Å². The highest BCUT2D eigenvalue weighted by Crippen LogP contribution is 2.37. The van der Waals surface area contributed by atoms with Crippen molar-refractivity contribution in [1.29, 1.82) is 0 Å². The third-order valence-corrected chi connectivity index (χ3v) is 4.94. The van der Waals surface area contributed by atoms with E-state index in [1.165, 1.54) is 23.6 Å². The van der Waals surface area contributed by atoms with Crippen LogP contribution >= 0.6 is 11.3 Å². The van der Waals surface area contributed by atoms with Crippen LogP contribution in [0.3, 0.4) is 0 Å². The monoisotopic (exact) mass is 425 g/mol. The summed E-state index contributed by atoms with van der Waals surface area (Å²) >= 11 is 0.877. The quantitative estimate of drug-likeness (QED) is 0.449. The molecule has 2 N–H and O–H groups in total. The molecule has 1 amide bonds. The summed E-state index contributed by atoms with van der Waals surface area (Å²) < 4.78 is 60.0. The maximum Gasteiger partial charge on any atom is 0.339 e. The number of benzene rings is 2. The summed E-state index contributed by atoms with van der Waals surface area (Å²) in [6.07, 6.45) is 0. The molecule has 1 aromatic heterocycles. The Hall–Kier alpha value is -3.40. The van der Waals surface area contributed by atoms with Crippen molar-refractivity contribution < 1.29 is 37.0 Å². The number of methoxy groups -OCH3 is 1. The third kappa shape index (κ3) is 3.79. The smallest absolute Gasteiger partial charge is 0.339 e. The van der Waals surface area contributed by atoms with E-state index in [0.29, 0.717) is 6.07 Å². The van der Waals surface area contributed by atoms with Gasteiger partial charge in [-0.2, -0.15) is 4.39 Å². The molecule has 0 bridgehead atoms. The Morgan fingerprint density at radius 1 is 1.07 bits per heavy atom. The molecule has 150 valence electrons. The van der Waals surface area contributed by atoms with E-state index in [0.717, 1.165) is 24.5 Å². The van der Waals surface area contributed by atoms with Crippen LogP contribution in [0.4, 0.5) is 23.2 Å². The Balaban J connectivity index is 2.03. The number of rotatable bonds is 5. The summed E-state index contributed by atoms with van der Waals surface area (Å²) in [6, 6.07) is 5.60. The van der Waals surface area contributed by atoms with Crippen molar-refractivity contribution in [3.63, 3.8) is 0 Å². The number of nitrogens with one attached hydrogen (secondary N) is 1. The van der Waals surface area contributed by atoms with Crippen LogP contribution in [-0.4, -0.2) is 24.1 Å². The number of halogens is 4. The van der Waals surface area contributed by atoms with Crippen LogP contribution in [0.15, 0.2) is 35.7 Å². The number of carboxylic acid groups (broad SMARTS) is 1. The van der Waals surface area contributed by atoms with Crippen molar-refractivity contribution >= 4 is 28.9 Å². The first-order valence-electron chi connectivity index (χ1n) is 7.88. The van der Waals surface area contributed by atoms with Crippen LogP contribution in [0.2, 0.25) is 0 Å². The molecule has 0 aliphatic rings. The van der Waals surface area contributed by atoms with Gasteiger partial charge in [0, 0.05) is 11.4 Å². The van der Waals surface area contributed by atoms with Crippen LogP contribution in [0, 0.1) is 23.3 Å². The van der Waals surface area contributed by atoms with Crippen molar-refractivity contribution in [2.45, 2.75) is 0 Å².